The Bertz CT molecular complexity index is 985. The molecular formula is C16H12N2O4S. The molecule has 23 heavy (non-hydrogen) atoms. The average Bonchev–Trinajstić information content (AvgIpc) is 2.55. The zero-order valence-corrected chi connectivity index (χ0v) is 12.6. The van der Waals surface area contributed by atoms with Gasteiger partial charge in [0.2, 0.25) is 0 Å². The molecule has 1 aromatic heterocycles. The highest BCUT2D eigenvalue weighted by molar-refractivity contribution is 7.92. The van der Waals surface area contributed by atoms with Crippen molar-refractivity contribution in [1.29, 1.82) is 0 Å². The number of rotatable bonds is 4. The van der Waals surface area contributed by atoms with Gasteiger partial charge in [0.05, 0.1) is 21.7 Å². The van der Waals surface area contributed by atoms with Crippen molar-refractivity contribution in [2.45, 2.75) is 4.90 Å². The number of pyridine rings is 1. The zero-order chi connectivity index (χ0) is 16.4. The summed E-state index contributed by atoms with van der Waals surface area (Å²) in [6.07, 6.45) is 1.34. The second-order valence-electron chi connectivity index (χ2n) is 4.78. The number of nitrogens with zero attached hydrogens (tertiary/aromatic N) is 1. The number of anilines is 1. The number of carbonyl (C=O) groups is 1. The molecule has 7 heteroatoms. The number of nitrogens with one attached hydrogen (secondary N) is 1. The molecule has 0 aliphatic carbocycles. The van der Waals surface area contributed by atoms with E-state index < -0.39 is 16.0 Å². The average molecular weight is 328 g/mol. The summed E-state index contributed by atoms with van der Waals surface area (Å²) in [7, 11) is -3.78. The minimum Gasteiger partial charge on any atom is -0.478 e. The minimum atomic E-state index is -3.78. The van der Waals surface area contributed by atoms with Crippen LogP contribution in [-0.2, 0) is 10.0 Å². The maximum Gasteiger partial charge on any atom is 0.336 e. The van der Waals surface area contributed by atoms with Gasteiger partial charge in [0.15, 0.2) is 0 Å². The Morgan fingerprint density at radius 1 is 1.00 bits per heavy atom. The van der Waals surface area contributed by atoms with E-state index in [1.165, 1.54) is 24.4 Å². The van der Waals surface area contributed by atoms with Crippen LogP contribution in [0.5, 0.6) is 0 Å². The predicted molar refractivity (Wildman–Crippen MR) is 86.0 cm³/mol. The first-order valence-corrected chi connectivity index (χ1v) is 8.16. The summed E-state index contributed by atoms with van der Waals surface area (Å²) >= 11 is 0. The number of fused-ring (bicyclic) bond motifs is 1. The quantitative estimate of drug-likeness (QED) is 0.767. The lowest BCUT2D eigenvalue weighted by atomic mass is 10.1. The van der Waals surface area contributed by atoms with Gasteiger partial charge in [-0.25, -0.2) is 13.2 Å². The fourth-order valence-corrected chi connectivity index (χ4v) is 3.34. The van der Waals surface area contributed by atoms with E-state index in [4.69, 9.17) is 0 Å². The van der Waals surface area contributed by atoms with Crippen molar-refractivity contribution in [3.8, 4) is 0 Å². The fraction of sp³-hybridized carbons (Fsp3) is 0. The van der Waals surface area contributed by atoms with Gasteiger partial charge in [0, 0.05) is 11.6 Å². The molecule has 0 saturated carbocycles. The lowest BCUT2D eigenvalue weighted by Crippen LogP contribution is -2.13. The maximum atomic E-state index is 12.4. The largest absolute Gasteiger partial charge is 0.478 e. The highest BCUT2D eigenvalue weighted by Gasteiger charge is 2.17. The molecule has 2 aromatic carbocycles. The van der Waals surface area contributed by atoms with E-state index in [0.29, 0.717) is 5.39 Å². The summed E-state index contributed by atoms with van der Waals surface area (Å²) in [5, 5.41) is 9.59. The summed E-state index contributed by atoms with van der Waals surface area (Å²) in [5.74, 6) is -1.10. The number of hydrogen-bond acceptors (Lipinski definition) is 4. The lowest BCUT2D eigenvalue weighted by Gasteiger charge is -2.11. The van der Waals surface area contributed by atoms with Crippen LogP contribution >= 0.6 is 0 Å². The lowest BCUT2D eigenvalue weighted by molar-refractivity contribution is 0.0699. The molecule has 0 atom stereocenters. The first-order valence-electron chi connectivity index (χ1n) is 6.68. The molecule has 0 saturated heterocycles. The van der Waals surface area contributed by atoms with Gasteiger partial charge >= 0.3 is 5.97 Å². The van der Waals surface area contributed by atoms with Crippen LogP contribution < -0.4 is 4.72 Å². The molecule has 6 nitrogen and oxygen atoms in total. The van der Waals surface area contributed by atoms with E-state index in [9.17, 15) is 18.3 Å². The van der Waals surface area contributed by atoms with Gasteiger partial charge in [0.25, 0.3) is 10.0 Å². The molecule has 3 rings (SSSR count). The Hall–Kier alpha value is -2.93. The van der Waals surface area contributed by atoms with Crippen LogP contribution in [0.2, 0.25) is 0 Å². The van der Waals surface area contributed by atoms with E-state index in [1.54, 1.807) is 36.4 Å². The third kappa shape index (κ3) is 2.86. The van der Waals surface area contributed by atoms with Crippen LogP contribution in [0.15, 0.2) is 65.7 Å². The molecule has 0 unspecified atom stereocenters. The van der Waals surface area contributed by atoms with Crippen LogP contribution in [0.4, 0.5) is 5.69 Å². The molecule has 0 amide bonds. The summed E-state index contributed by atoms with van der Waals surface area (Å²) in [5.41, 5.74) is 0.581. The topological polar surface area (TPSA) is 96.4 Å². The van der Waals surface area contributed by atoms with E-state index in [-0.39, 0.29) is 21.7 Å². The third-order valence-electron chi connectivity index (χ3n) is 3.30. The van der Waals surface area contributed by atoms with Gasteiger partial charge in [-0.15, -0.1) is 0 Å². The van der Waals surface area contributed by atoms with Gasteiger partial charge in [0.1, 0.15) is 0 Å². The molecule has 1 heterocycles. The van der Waals surface area contributed by atoms with Crippen LogP contribution in [0, 0.1) is 0 Å². The number of hydrogen-bond donors (Lipinski definition) is 2. The Morgan fingerprint density at radius 2 is 1.74 bits per heavy atom. The Balaban J connectivity index is 2.11. The Morgan fingerprint density at radius 3 is 2.43 bits per heavy atom. The number of aromatic nitrogens is 1. The molecule has 0 aliphatic heterocycles. The highest BCUT2D eigenvalue weighted by atomic mass is 32.2. The van der Waals surface area contributed by atoms with Crippen molar-refractivity contribution >= 4 is 32.6 Å². The summed E-state index contributed by atoms with van der Waals surface area (Å²) < 4.78 is 27.3. The van der Waals surface area contributed by atoms with Crippen LogP contribution in [-0.4, -0.2) is 24.5 Å². The first-order chi connectivity index (χ1) is 11.0. The van der Waals surface area contributed by atoms with Gasteiger partial charge < -0.3 is 5.11 Å². The standard InChI is InChI=1S/C16H12N2O4S/c19-16(20)13-9-10-17-15-12(13)7-4-8-14(15)18-23(21,22)11-5-2-1-3-6-11/h1-10,18H,(H,19,20). The number of carboxylic acids is 1. The van der Waals surface area contributed by atoms with Gasteiger partial charge in [-0.05, 0) is 24.3 Å². The molecule has 2 N–H and O–H groups in total. The molecule has 0 fully saturated rings. The fourth-order valence-electron chi connectivity index (χ4n) is 2.25. The van der Waals surface area contributed by atoms with E-state index in [2.05, 4.69) is 9.71 Å². The second-order valence-corrected chi connectivity index (χ2v) is 6.47. The van der Waals surface area contributed by atoms with Gasteiger partial charge in [-0.1, -0.05) is 30.3 Å². The Kier molecular flexibility index (Phi) is 3.71. The van der Waals surface area contributed by atoms with Crippen LogP contribution in [0.25, 0.3) is 10.9 Å². The van der Waals surface area contributed by atoms with Crippen molar-refractivity contribution in [3.05, 3.63) is 66.4 Å². The number of benzene rings is 2. The summed E-state index contributed by atoms with van der Waals surface area (Å²) in [4.78, 5) is 15.5. The van der Waals surface area contributed by atoms with Crippen LogP contribution in [0.1, 0.15) is 10.4 Å². The second kappa shape index (κ2) is 5.69. The summed E-state index contributed by atoms with van der Waals surface area (Å²) in [6.45, 7) is 0. The Labute approximate surface area is 132 Å². The highest BCUT2D eigenvalue weighted by Crippen LogP contribution is 2.26. The van der Waals surface area contributed by atoms with Crippen molar-refractivity contribution in [3.63, 3.8) is 0 Å². The maximum absolute atomic E-state index is 12.4. The molecular weight excluding hydrogens is 316 g/mol. The molecule has 0 bridgehead atoms. The molecule has 0 aliphatic rings. The van der Waals surface area contributed by atoms with Crippen molar-refractivity contribution in [1.82, 2.24) is 4.98 Å². The summed E-state index contributed by atoms with van der Waals surface area (Å²) in [6, 6.07) is 14.0. The van der Waals surface area contributed by atoms with Gasteiger partial charge in [-0.3, -0.25) is 9.71 Å². The number of carboxylic acid groups (broad SMARTS) is 1. The van der Waals surface area contributed by atoms with E-state index in [0.717, 1.165) is 0 Å². The molecule has 0 radical (unpaired) electrons. The molecule has 0 spiro atoms. The van der Waals surface area contributed by atoms with E-state index in [1.807, 2.05) is 0 Å². The van der Waals surface area contributed by atoms with E-state index >= 15 is 0 Å². The van der Waals surface area contributed by atoms with Crippen LogP contribution in [0.3, 0.4) is 0 Å². The minimum absolute atomic E-state index is 0.0655. The predicted octanol–water partition coefficient (Wildman–Crippen LogP) is 2.73. The number of aromatic carboxylic acids is 1. The smallest absolute Gasteiger partial charge is 0.336 e. The first kappa shape index (κ1) is 15.0. The molecule has 3 aromatic rings. The van der Waals surface area contributed by atoms with Crippen molar-refractivity contribution in [2.75, 3.05) is 4.72 Å². The SMILES string of the molecule is O=C(O)c1ccnc2c(NS(=O)(=O)c3ccccc3)cccc12. The monoisotopic (exact) mass is 328 g/mol. The third-order valence-corrected chi connectivity index (χ3v) is 4.68. The molecule has 116 valence electrons. The number of sulfonamides is 1. The normalized spacial score (nSPS) is 11.3. The number of para-hydroxylation sites is 1. The van der Waals surface area contributed by atoms with Gasteiger partial charge in [-0.2, -0.15) is 0 Å². The van der Waals surface area contributed by atoms with Crippen molar-refractivity contribution < 1.29 is 18.3 Å². The zero-order valence-electron chi connectivity index (χ0n) is 11.8. The van der Waals surface area contributed by atoms with Crippen molar-refractivity contribution in [2.24, 2.45) is 0 Å².